The first kappa shape index (κ1) is 10.6. The molecule has 0 atom stereocenters. The van der Waals surface area contributed by atoms with Gasteiger partial charge in [-0.2, -0.15) is 0 Å². The van der Waals surface area contributed by atoms with Gasteiger partial charge in [0, 0.05) is 23.7 Å². The van der Waals surface area contributed by atoms with E-state index in [-0.39, 0.29) is 11.0 Å². The Morgan fingerprint density at radius 2 is 1.45 bits per heavy atom. The Kier molecular flexibility index (Phi) is 2.84. The molecular formula is C9H20N2. The molecule has 0 rings (SSSR count). The zero-order valence-electron chi connectivity index (χ0n) is 8.52. The van der Waals surface area contributed by atoms with Crippen LogP contribution in [0.15, 0.2) is 4.99 Å². The quantitative estimate of drug-likeness (QED) is 0.578. The van der Waals surface area contributed by atoms with Crippen LogP contribution in [0.2, 0.25) is 0 Å². The second-order valence-corrected chi connectivity index (χ2v) is 4.54. The highest BCUT2D eigenvalue weighted by molar-refractivity contribution is 5.96. The fraction of sp³-hybridized carbons (Fsp3) is 0.889. The van der Waals surface area contributed by atoms with Crippen molar-refractivity contribution in [3.63, 3.8) is 0 Å². The highest BCUT2D eigenvalue weighted by Crippen LogP contribution is 2.22. The molecule has 0 aromatic rings. The SMILES string of the molecule is C/N=C(/C(C)(C)C)C(C)(C)N. The average molecular weight is 156 g/mol. The number of hydrogen-bond donors (Lipinski definition) is 1. The highest BCUT2D eigenvalue weighted by Gasteiger charge is 2.29. The fourth-order valence-electron chi connectivity index (χ4n) is 1.59. The lowest BCUT2D eigenvalue weighted by atomic mass is 9.80. The van der Waals surface area contributed by atoms with Gasteiger partial charge in [-0.05, 0) is 13.8 Å². The predicted molar refractivity (Wildman–Crippen MR) is 51.1 cm³/mol. The normalized spacial score (nSPS) is 15.4. The maximum Gasteiger partial charge on any atom is 0.0487 e. The van der Waals surface area contributed by atoms with Gasteiger partial charge >= 0.3 is 0 Å². The maximum atomic E-state index is 5.95. The lowest BCUT2D eigenvalue weighted by molar-refractivity contribution is 0.525. The minimum Gasteiger partial charge on any atom is -0.321 e. The molecule has 0 fully saturated rings. The Bertz CT molecular complexity index is 139. The van der Waals surface area contributed by atoms with Crippen LogP contribution in [0.25, 0.3) is 0 Å². The van der Waals surface area contributed by atoms with Gasteiger partial charge in [-0.25, -0.2) is 0 Å². The Hall–Kier alpha value is -0.370. The molecule has 0 aliphatic heterocycles. The topological polar surface area (TPSA) is 38.4 Å². The van der Waals surface area contributed by atoms with Crippen LogP contribution in [0.4, 0.5) is 0 Å². The van der Waals surface area contributed by atoms with Crippen molar-refractivity contribution in [3.05, 3.63) is 0 Å². The Morgan fingerprint density at radius 3 is 1.45 bits per heavy atom. The molecule has 0 saturated carbocycles. The monoisotopic (exact) mass is 156 g/mol. The van der Waals surface area contributed by atoms with Crippen molar-refractivity contribution in [3.8, 4) is 0 Å². The molecule has 0 spiro atoms. The van der Waals surface area contributed by atoms with E-state index in [9.17, 15) is 0 Å². The Balaban J connectivity index is 4.74. The first-order valence-corrected chi connectivity index (χ1v) is 3.96. The van der Waals surface area contributed by atoms with Crippen LogP contribution >= 0.6 is 0 Å². The second-order valence-electron chi connectivity index (χ2n) is 4.54. The summed E-state index contributed by atoms with van der Waals surface area (Å²) in [4.78, 5) is 4.22. The van der Waals surface area contributed by atoms with Crippen LogP contribution in [0.5, 0.6) is 0 Å². The summed E-state index contributed by atoms with van der Waals surface area (Å²) in [5, 5.41) is 0. The van der Waals surface area contributed by atoms with Crippen LogP contribution < -0.4 is 5.73 Å². The van der Waals surface area contributed by atoms with Crippen LogP contribution in [0.1, 0.15) is 34.6 Å². The molecule has 0 aliphatic rings. The van der Waals surface area contributed by atoms with E-state index in [2.05, 4.69) is 25.8 Å². The summed E-state index contributed by atoms with van der Waals surface area (Å²) < 4.78 is 0. The van der Waals surface area contributed by atoms with E-state index in [1.165, 1.54) is 0 Å². The minimum absolute atomic E-state index is 0.0764. The van der Waals surface area contributed by atoms with Crippen molar-refractivity contribution in [2.24, 2.45) is 16.1 Å². The van der Waals surface area contributed by atoms with Crippen molar-refractivity contribution < 1.29 is 0 Å². The number of aliphatic imine (C=N–C) groups is 1. The predicted octanol–water partition coefficient (Wildman–Crippen LogP) is 1.84. The molecule has 0 bridgehead atoms. The standard InChI is InChI=1S/C9H20N2/c1-8(2,3)7(11-6)9(4,5)10/h10H2,1-6H3/b11-7-. The molecule has 66 valence electrons. The van der Waals surface area contributed by atoms with Crippen LogP contribution in [0, 0.1) is 5.41 Å². The Labute approximate surface area is 69.9 Å². The average Bonchev–Trinajstić information content (AvgIpc) is 1.56. The smallest absolute Gasteiger partial charge is 0.0487 e. The summed E-state index contributed by atoms with van der Waals surface area (Å²) in [5.41, 5.74) is 6.78. The molecule has 0 aromatic heterocycles. The highest BCUT2D eigenvalue weighted by atomic mass is 14.8. The molecule has 2 heteroatoms. The van der Waals surface area contributed by atoms with Gasteiger partial charge in [0.2, 0.25) is 0 Å². The van der Waals surface area contributed by atoms with Crippen molar-refractivity contribution in [1.29, 1.82) is 0 Å². The van der Waals surface area contributed by atoms with Crippen LogP contribution in [0.3, 0.4) is 0 Å². The Morgan fingerprint density at radius 1 is 1.09 bits per heavy atom. The molecule has 2 N–H and O–H groups in total. The van der Waals surface area contributed by atoms with Crippen molar-refractivity contribution in [1.82, 2.24) is 0 Å². The first-order valence-electron chi connectivity index (χ1n) is 3.96. The molecule has 0 radical (unpaired) electrons. The van der Waals surface area contributed by atoms with Crippen molar-refractivity contribution >= 4 is 5.71 Å². The molecule has 0 heterocycles. The summed E-state index contributed by atoms with van der Waals surface area (Å²) >= 11 is 0. The van der Waals surface area contributed by atoms with Crippen LogP contribution in [-0.2, 0) is 0 Å². The van der Waals surface area contributed by atoms with Gasteiger partial charge in [0.1, 0.15) is 0 Å². The molecule has 2 nitrogen and oxygen atoms in total. The van der Waals surface area contributed by atoms with Gasteiger partial charge in [-0.3, -0.25) is 4.99 Å². The molecule has 11 heavy (non-hydrogen) atoms. The van der Waals surface area contributed by atoms with E-state index in [4.69, 9.17) is 5.73 Å². The van der Waals surface area contributed by atoms with Crippen LogP contribution in [-0.4, -0.2) is 18.3 Å². The molecule has 0 aromatic carbocycles. The van der Waals surface area contributed by atoms with Crippen molar-refractivity contribution in [2.75, 3.05) is 7.05 Å². The molecular weight excluding hydrogens is 136 g/mol. The molecule has 0 saturated heterocycles. The van der Waals surface area contributed by atoms with Gasteiger partial charge in [-0.15, -0.1) is 0 Å². The summed E-state index contributed by atoms with van der Waals surface area (Å²) in [5.74, 6) is 0. The van der Waals surface area contributed by atoms with Crippen molar-refractivity contribution in [2.45, 2.75) is 40.2 Å². The van der Waals surface area contributed by atoms with Gasteiger partial charge < -0.3 is 5.73 Å². The van der Waals surface area contributed by atoms with Gasteiger partial charge in [0.25, 0.3) is 0 Å². The summed E-state index contributed by atoms with van der Waals surface area (Å²) in [7, 11) is 1.80. The first-order chi connectivity index (χ1) is 4.69. The van der Waals surface area contributed by atoms with E-state index in [1.807, 2.05) is 13.8 Å². The number of hydrogen-bond acceptors (Lipinski definition) is 2. The van der Waals surface area contributed by atoms with E-state index in [1.54, 1.807) is 7.05 Å². The van der Waals surface area contributed by atoms with E-state index in [0.717, 1.165) is 5.71 Å². The number of rotatable bonds is 1. The second kappa shape index (κ2) is 2.94. The van der Waals surface area contributed by atoms with E-state index < -0.39 is 0 Å². The van der Waals surface area contributed by atoms with Gasteiger partial charge in [0.15, 0.2) is 0 Å². The third-order valence-electron chi connectivity index (χ3n) is 1.54. The largest absolute Gasteiger partial charge is 0.321 e. The summed E-state index contributed by atoms with van der Waals surface area (Å²) in [6.07, 6.45) is 0. The number of nitrogens with two attached hydrogens (primary N) is 1. The zero-order chi connectivity index (χ0) is 9.28. The van der Waals surface area contributed by atoms with Gasteiger partial charge in [0.05, 0.1) is 0 Å². The molecule has 0 unspecified atom stereocenters. The van der Waals surface area contributed by atoms with E-state index in [0.29, 0.717) is 0 Å². The lowest BCUT2D eigenvalue weighted by Crippen LogP contribution is -2.47. The zero-order valence-corrected chi connectivity index (χ0v) is 8.52. The van der Waals surface area contributed by atoms with Gasteiger partial charge in [-0.1, -0.05) is 20.8 Å². The fourth-order valence-corrected chi connectivity index (χ4v) is 1.59. The summed E-state index contributed by atoms with van der Waals surface area (Å²) in [6.45, 7) is 10.4. The molecule has 0 aliphatic carbocycles. The lowest BCUT2D eigenvalue weighted by Gasteiger charge is -2.31. The number of nitrogens with zero attached hydrogens (tertiary/aromatic N) is 1. The third-order valence-corrected chi connectivity index (χ3v) is 1.54. The minimum atomic E-state index is -0.299. The molecule has 0 amide bonds. The summed E-state index contributed by atoms with van der Waals surface area (Å²) in [6, 6.07) is 0. The third kappa shape index (κ3) is 3.02. The van der Waals surface area contributed by atoms with E-state index >= 15 is 0 Å². The maximum absolute atomic E-state index is 5.95.